The molecule has 0 aliphatic carbocycles. The fraction of sp³-hybridized carbons (Fsp3) is 0.550. The molecule has 2 saturated heterocycles. The maximum Gasteiger partial charge on any atom is 0.257 e. The fourth-order valence-corrected chi connectivity index (χ4v) is 3.98. The highest BCUT2D eigenvalue weighted by molar-refractivity contribution is 6.31. The topological polar surface area (TPSA) is 92.9 Å². The third-order valence-electron chi connectivity index (χ3n) is 5.46. The molecule has 0 radical (unpaired) electrons. The largest absolute Gasteiger partial charge is 0.489 e. The average molecular weight is 408 g/mol. The van der Waals surface area contributed by atoms with Crippen molar-refractivity contribution in [2.24, 2.45) is 11.7 Å². The average Bonchev–Trinajstić information content (AvgIpc) is 2.69. The van der Waals surface area contributed by atoms with Crippen molar-refractivity contribution in [2.75, 3.05) is 26.2 Å². The van der Waals surface area contributed by atoms with E-state index in [1.165, 1.54) is 0 Å². The number of hydrogen-bond acceptors (Lipinski definition) is 4. The Balaban J connectivity index is 1.73. The van der Waals surface area contributed by atoms with E-state index in [0.717, 1.165) is 6.42 Å². The van der Waals surface area contributed by atoms with Crippen molar-refractivity contribution in [3.05, 3.63) is 28.8 Å². The number of halogens is 1. The Hall–Kier alpha value is -2.28. The molecule has 7 nitrogen and oxygen atoms in total. The second-order valence-electron chi connectivity index (χ2n) is 7.46. The first kappa shape index (κ1) is 20.5. The third-order valence-corrected chi connectivity index (χ3v) is 5.70. The van der Waals surface area contributed by atoms with Crippen molar-refractivity contribution in [2.45, 2.75) is 38.7 Å². The molecule has 152 valence electrons. The summed E-state index contributed by atoms with van der Waals surface area (Å²) in [5.41, 5.74) is 5.82. The number of carbonyl (C=O) groups is 3. The Morgan fingerprint density at radius 3 is 2.46 bits per heavy atom. The summed E-state index contributed by atoms with van der Waals surface area (Å²) in [5.74, 6) is -0.356. The number of rotatable bonds is 4. The molecule has 0 unspecified atom stereocenters. The van der Waals surface area contributed by atoms with E-state index in [4.69, 9.17) is 22.1 Å². The van der Waals surface area contributed by atoms with Gasteiger partial charge in [0, 0.05) is 51.0 Å². The first-order valence-electron chi connectivity index (χ1n) is 9.65. The maximum atomic E-state index is 13.1. The van der Waals surface area contributed by atoms with Crippen molar-refractivity contribution in [3.63, 3.8) is 0 Å². The molecular formula is C20H26ClN3O4. The second-order valence-corrected chi connectivity index (χ2v) is 7.89. The van der Waals surface area contributed by atoms with E-state index in [1.807, 2.05) is 0 Å². The van der Waals surface area contributed by atoms with Crippen LogP contribution in [0.25, 0.3) is 0 Å². The van der Waals surface area contributed by atoms with Crippen LogP contribution in [0, 0.1) is 5.92 Å². The van der Waals surface area contributed by atoms with Gasteiger partial charge in [-0.15, -0.1) is 0 Å². The van der Waals surface area contributed by atoms with E-state index < -0.39 is 0 Å². The molecule has 3 amide bonds. The van der Waals surface area contributed by atoms with E-state index in [0.29, 0.717) is 61.8 Å². The van der Waals surface area contributed by atoms with E-state index in [1.54, 1.807) is 34.9 Å². The molecule has 0 aromatic heterocycles. The number of benzene rings is 1. The predicted molar refractivity (Wildman–Crippen MR) is 105 cm³/mol. The zero-order valence-corrected chi connectivity index (χ0v) is 16.8. The number of primary amides is 1. The van der Waals surface area contributed by atoms with E-state index >= 15 is 0 Å². The molecular weight excluding hydrogens is 382 g/mol. The molecule has 3 rings (SSSR count). The van der Waals surface area contributed by atoms with Crippen molar-refractivity contribution in [1.29, 1.82) is 0 Å². The van der Waals surface area contributed by atoms with Gasteiger partial charge in [0.1, 0.15) is 11.9 Å². The van der Waals surface area contributed by atoms with Gasteiger partial charge < -0.3 is 20.3 Å². The first-order valence-corrected chi connectivity index (χ1v) is 10.0. The van der Waals surface area contributed by atoms with Crippen LogP contribution in [0.5, 0.6) is 5.75 Å². The van der Waals surface area contributed by atoms with Crippen molar-refractivity contribution < 1.29 is 19.1 Å². The lowest BCUT2D eigenvalue weighted by molar-refractivity contribution is -0.130. The number of likely N-dealkylation sites (tertiary alicyclic amines) is 2. The number of piperidine rings is 2. The summed E-state index contributed by atoms with van der Waals surface area (Å²) in [6.45, 7) is 3.74. The quantitative estimate of drug-likeness (QED) is 0.826. The van der Waals surface area contributed by atoms with Crippen LogP contribution in [0.15, 0.2) is 18.2 Å². The van der Waals surface area contributed by atoms with Crippen LogP contribution in [0.4, 0.5) is 0 Å². The first-order chi connectivity index (χ1) is 13.3. The summed E-state index contributed by atoms with van der Waals surface area (Å²) in [7, 11) is 0. The van der Waals surface area contributed by atoms with Crippen LogP contribution >= 0.6 is 11.6 Å². The summed E-state index contributed by atoms with van der Waals surface area (Å²) >= 11 is 6.13. The van der Waals surface area contributed by atoms with Crippen LogP contribution in [0.2, 0.25) is 5.02 Å². The van der Waals surface area contributed by atoms with Gasteiger partial charge in [0.25, 0.3) is 5.91 Å². The van der Waals surface area contributed by atoms with Crippen LogP contribution in [-0.2, 0) is 9.59 Å². The minimum Gasteiger partial charge on any atom is -0.489 e. The Morgan fingerprint density at radius 2 is 1.82 bits per heavy atom. The third kappa shape index (κ3) is 4.76. The van der Waals surface area contributed by atoms with Crippen molar-refractivity contribution in [1.82, 2.24) is 9.80 Å². The Labute approximate surface area is 169 Å². The molecule has 2 heterocycles. The van der Waals surface area contributed by atoms with E-state index in [9.17, 15) is 14.4 Å². The van der Waals surface area contributed by atoms with Gasteiger partial charge in [-0.1, -0.05) is 11.6 Å². The van der Waals surface area contributed by atoms with Crippen LogP contribution in [0.1, 0.15) is 43.0 Å². The number of hydrogen-bond donors (Lipinski definition) is 1. The zero-order chi connectivity index (χ0) is 20.3. The predicted octanol–water partition coefficient (Wildman–Crippen LogP) is 2.07. The molecule has 1 aromatic rings. The molecule has 1 atom stereocenters. The Kier molecular flexibility index (Phi) is 6.44. The van der Waals surface area contributed by atoms with Crippen LogP contribution in [0.3, 0.4) is 0 Å². The lowest BCUT2D eigenvalue weighted by Gasteiger charge is -2.33. The number of amides is 3. The molecule has 0 saturated carbocycles. The molecule has 2 N–H and O–H groups in total. The van der Waals surface area contributed by atoms with Gasteiger partial charge in [0.15, 0.2) is 0 Å². The van der Waals surface area contributed by atoms with Gasteiger partial charge in [-0.05, 0) is 31.0 Å². The van der Waals surface area contributed by atoms with Gasteiger partial charge in [0.05, 0.1) is 11.5 Å². The van der Waals surface area contributed by atoms with Gasteiger partial charge in [0.2, 0.25) is 11.8 Å². The SMILES string of the molecule is CC(=O)N1CCC(Oc2ccc(Cl)cc2C(=O)N2CCC[C@H](C(N)=O)C2)CC1. The van der Waals surface area contributed by atoms with Crippen LogP contribution < -0.4 is 10.5 Å². The monoisotopic (exact) mass is 407 g/mol. The number of carbonyl (C=O) groups excluding carboxylic acids is 3. The molecule has 8 heteroatoms. The number of nitrogens with zero attached hydrogens (tertiary/aromatic N) is 2. The Bertz CT molecular complexity index is 762. The molecule has 28 heavy (non-hydrogen) atoms. The lowest BCUT2D eigenvalue weighted by atomic mass is 9.97. The summed E-state index contributed by atoms with van der Waals surface area (Å²) in [6, 6.07) is 5.01. The Morgan fingerprint density at radius 1 is 1.11 bits per heavy atom. The highest BCUT2D eigenvalue weighted by atomic mass is 35.5. The van der Waals surface area contributed by atoms with Gasteiger partial charge in [-0.25, -0.2) is 0 Å². The summed E-state index contributed by atoms with van der Waals surface area (Å²) < 4.78 is 6.12. The number of nitrogens with two attached hydrogens (primary N) is 1. The van der Waals surface area contributed by atoms with Gasteiger partial charge in [-0.3, -0.25) is 14.4 Å². The fourth-order valence-electron chi connectivity index (χ4n) is 3.80. The summed E-state index contributed by atoms with van der Waals surface area (Å²) in [5, 5.41) is 0.450. The van der Waals surface area contributed by atoms with E-state index in [-0.39, 0.29) is 29.7 Å². The highest BCUT2D eigenvalue weighted by Gasteiger charge is 2.30. The van der Waals surface area contributed by atoms with Crippen molar-refractivity contribution in [3.8, 4) is 5.75 Å². The molecule has 2 fully saturated rings. The maximum absolute atomic E-state index is 13.1. The molecule has 2 aliphatic rings. The smallest absolute Gasteiger partial charge is 0.257 e. The summed E-state index contributed by atoms with van der Waals surface area (Å²) in [4.78, 5) is 39.6. The van der Waals surface area contributed by atoms with E-state index in [2.05, 4.69) is 0 Å². The summed E-state index contributed by atoms with van der Waals surface area (Å²) in [6.07, 6.45) is 2.79. The standard InChI is InChI=1S/C20H26ClN3O4/c1-13(25)23-9-6-16(7-10-23)28-18-5-4-15(21)11-17(18)20(27)24-8-2-3-14(12-24)19(22)26/h4-5,11,14,16H,2-3,6-10,12H2,1H3,(H2,22,26)/t14-/m0/s1. The molecule has 0 bridgehead atoms. The minimum absolute atomic E-state index is 0.0647. The molecule has 1 aromatic carbocycles. The zero-order valence-electron chi connectivity index (χ0n) is 16.0. The van der Waals surface area contributed by atoms with Crippen LogP contribution in [-0.4, -0.2) is 59.8 Å². The molecule has 2 aliphatic heterocycles. The van der Waals surface area contributed by atoms with Gasteiger partial charge in [-0.2, -0.15) is 0 Å². The highest BCUT2D eigenvalue weighted by Crippen LogP contribution is 2.29. The number of ether oxygens (including phenoxy) is 1. The lowest BCUT2D eigenvalue weighted by Crippen LogP contribution is -2.44. The molecule has 0 spiro atoms. The minimum atomic E-state index is -0.378. The van der Waals surface area contributed by atoms with Crippen molar-refractivity contribution >= 4 is 29.3 Å². The van der Waals surface area contributed by atoms with Gasteiger partial charge >= 0.3 is 0 Å². The normalized spacial score (nSPS) is 20.7. The second kappa shape index (κ2) is 8.82.